The van der Waals surface area contributed by atoms with Gasteiger partial charge in [0, 0.05) is 4.88 Å². The highest BCUT2D eigenvalue weighted by Gasteiger charge is 2.12. The van der Waals surface area contributed by atoms with Crippen molar-refractivity contribution < 1.29 is 9.90 Å². The van der Waals surface area contributed by atoms with Crippen LogP contribution in [0.1, 0.15) is 30.7 Å². The maximum Gasteiger partial charge on any atom is 0.315 e. The van der Waals surface area contributed by atoms with Gasteiger partial charge in [-0.1, -0.05) is 13.8 Å². The summed E-state index contributed by atoms with van der Waals surface area (Å²) in [5.41, 5.74) is 1.20. The first-order valence-corrected chi connectivity index (χ1v) is 7.09. The Balaban J connectivity index is 2.34. The second-order valence-electron chi connectivity index (χ2n) is 4.86. The van der Waals surface area contributed by atoms with Gasteiger partial charge in [-0.05, 0) is 36.3 Å². The fourth-order valence-electron chi connectivity index (χ4n) is 1.73. The third-order valence-electron chi connectivity index (χ3n) is 2.69. The molecule has 102 valence electrons. The highest BCUT2D eigenvalue weighted by atomic mass is 32.1. The van der Waals surface area contributed by atoms with Crippen molar-refractivity contribution in [2.24, 2.45) is 5.92 Å². The average molecular weight is 270 g/mol. The minimum absolute atomic E-state index is 0.0242. The van der Waals surface area contributed by atoms with Crippen LogP contribution in [0.2, 0.25) is 0 Å². The summed E-state index contributed by atoms with van der Waals surface area (Å²) in [5.74, 6) is 0.446. The Bertz CT molecular complexity index is 377. The molecule has 3 N–H and O–H groups in total. The van der Waals surface area contributed by atoms with Crippen molar-refractivity contribution in [1.29, 1.82) is 0 Å². The number of carbonyl (C=O) groups excluding carboxylic acids is 1. The standard InChI is InChI=1S/C13H22N2O2S/c1-9(2)6-11(8-16)15-13(17)14-7-12-10(3)4-5-18-12/h4-5,9,11,16H,6-8H2,1-3H3,(H2,14,15,17)/t11-/m1/s1. The minimum Gasteiger partial charge on any atom is -0.394 e. The zero-order chi connectivity index (χ0) is 13.5. The molecule has 0 bridgehead atoms. The summed E-state index contributed by atoms with van der Waals surface area (Å²) < 4.78 is 0. The first kappa shape index (κ1) is 15.0. The summed E-state index contributed by atoms with van der Waals surface area (Å²) in [4.78, 5) is 12.8. The second kappa shape index (κ2) is 7.38. The lowest BCUT2D eigenvalue weighted by molar-refractivity contribution is 0.207. The maximum atomic E-state index is 11.7. The van der Waals surface area contributed by atoms with Crippen molar-refractivity contribution in [3.63, 3.8) is 0 Å². The largest absolute Gasteiger partial charge is 0.394 e. The zero-order valence-electron chi connectivity index (χ0n) is 11.2. The number of nitrogens with one attached hydrogen (secondary N) is 2. The molecule has 5 heteroatoms. The van der Waals surface area contributed by atoms with Crippen LogP contribution in [-0.4, -0.2) is 23.8 Å². The Kier molecular flexibility index (Phi) is 6.15. The van der Waals surface area contributed by atoms with Crippen molar-refractivity contribution in [2.45, 2.75) is 39.8 Å². The first-order valence-electron chi connectivity index (χ1n) is 6.21. The van der Waals surface area contributed by atoms with Gasteiger partial charge in [0.15, 0.2) is 0 Å². The molecule has 0 radical (unpaired) electrons. The van der Waals surface area contributed by atoms with E-state index in [1.807, 2.05) is 18.4 Å². The van der Waals surface area contributed by atoms with Crippen LogP contribution >= 0.6 is 11.3 Å². The molecule has 0 spiro atoms. The van der Waals surface area contributed by atoms with E-state index in [0.29, 0.717) is 12.5 Å². The quantitative estimate of drug-likeness (QED) is 0.742. The number of rotatable bonds is 6. The third kappa shape index (κ3) is 5.06. The number of urea groups is 1. The van der Waals surface area contributed by atoms with Gasteiger partial charge < -0.3 is 15.7 Å². The molecule has 2 amide bonds. The van der Waals surface area contributed by atoms with Gasteiger partial charge >= 0.3 is 6.03 Å². The fourth-order valence-corrected chi connectivity index (χ4v) is 2.58. The van der Waals surface area contributed by atoms with Gasteiger partial charge in [-0.15, -0.1) is 11.3 Å². The SMILES string of the molecule is Cc1ccsc1CNC(=O)N[C@@H](CO)CC(C)C. The summed E-state index contributed by atoms with van der Waals surface area (Å²) in [6, 6.07) is 1.64. The number of thiophene rings is 1. The molecule has 0 aliphatic heterocycles. The highest BCUT2D eigenvalue weighted by Crippen LogP contribution is 2.14. The van der Waals surface area contributed by atoms with Crippen molar-refractivity contribution in [3.05, 3.63) is 21.9 Å². The second-order valence-corrected chi connectivity index (χ2v) is 5.86. The van der Waals surface area contributed by atoms with E-state index in [1.165, 1.54) is 5.56 Å². The summed E-state index contributed by atoms with van der Waals surface area (Å²) in [5, 5.41) is 16.8. The lowest BCUT2D eigenvalue weighted by Gasteiger charge is -2.18. The topological polar surface area (TPSA) is 61.4 Å². The van der Waals surface area contributed by atoms with Gasteiger partial charge in [0.25, 0.3) is 0 Å². The Morgan fingerprint density at radius 2 is 2.22 bits per heavy atom. The van der Waals surface area contributed by atoms with Crippen LogP contribution in [0.3, 0.4) is 0 Å². The van der Waals surface area contributed by atoms with E-state index in [1.54, 1.807) is 11.3 Å². The predicted octanol–water partition coefficient (Wildman–Crippen LogP) is 2.26. The molecule has 18 heavy (non-hydrogen) atoms. The number of aliphatic hydroxyl groups excluding tert-OH is 1. The molecular weight excluding hydrogens is 248 g/mol. The number of hydrogen-bond acceptors (Lipinski definition) is 3. The molecular formula is C13H22N2O2S. The molecule has 0 aliphatic rings. The van der Waals surface area contributed by atoms with Crippen LogP contribution in [0.5, 0.6) is 0 Å². The monoisotopic (exact) mass is 270 g/mol. The third-order valence-corrected chi connectivity index (χ3v) is 3.71. The van der Waals surface area contributed by atoms with Crippen LogP contribution in [0.4, 0.5) is 4.79 Å². The van der Waals surface area contributed by atoms with Crippen molar-refractivity contribution in [3.8, 4) is 0 Å². The van der Waals surface area contributed by atoms with Crippen LogP contribution in [0, 0.1) is 12.8 Å². The van der Waals surface area contributed by atoms with Crippen molar-refractivity contribution in [2.75, 3.05) is 6.61 Å². The van der Waals surface area contributed by atoms with Crippen LogP contribution < -0.4 is 10.6 Å². The summed E-state index contributed by atoms with van der Waals surface area (Å²) >= 11 is 1.63. The highest BCUT2D eigenvalue weighted by molar-refractivity contribution is 7.10. The van der Waals surface area contributed by atoms with E-state index in [4.69, 9.17) is 0 Å². The van der Waals surface area contributed by atoms with Crippen molar-refractivity contribution in [1.82, 2.24) is 10.6 Å². The number of aryl methyl sites for hydroxylation is 1. The van der Waals surface area contributed by atoms with E-state index in [9.17, 15) is 9.90 Å². The van der Waals surface area contributed by atoms with Gasteiger partial charge in [-0.3, -0.25) is 0 Å². The minimum atomic E-state index is -0.220. The smallest absolute Gasteiger partial charge is 0.315 e. The van der Waals surface area contributed by atoms with Gasteiger partial charge in [-0.25, -0.2) is 4.79 Å². The summed E-state index contributed by atoms with van der Waals surface area (Å²) in [6.07, 6.45) is 0.780. The summed E-state index contributed by atoms with van der Waals surface area (Å²) in [6.45, 7) is 6.67. The normalized spacial score (nSPS) is 12.5. The van der Waals surface area contributed by atoms with Crippen LogP contribution in [0.15, 0.2) is 11.4 Å². The van der Waals surface area contributed by atoms with E-state index < -0.39 is 0 Å². The molecule has 1 heterocycles. The molecule has 0 unspecified atom stereocenters. The number of amides is 2. The van der Waals surface area contributed by atoms with E-state index in [2.05, 4.69) is 24.5 Å². The number of carbonyl (C=O) groups is 1. The fraction of sp³-hybridized carbons (Fsp3) is 0.615. The van der Waals surface area contributed by atoms with Crippen LogP contribution in [0.25, 0.3) is 0 Å². The Hall–Kier alpha value is -1.07. The van der Waals surface area contributed by atoms with Gasteiger partial charge in [-0.2, -0.15) is 0 Å². The molecule has 0 aliphatic carbocycles. The van der Waals surface area contributed by atoms with E-state index in [-0.39, 0.29) is 18.7 Å². The van der Waals surface area contributed by atoms with E-state index in [0.717, 1.165) is 11.3 Å². The Morgan fingerprint density at radius 1 is 1.50 bits per heavy atom. The molecule has 1 atom stereocenters. The zero-order valence-corrected chi connectivity index (χ0v) is 12.0. The van der Waals surface area contributed by atoms with Crippen molar-refractivity contribution >= 4 is 17.4 Å². The molecule has 0 fully saturated rings. The molecule has 1 aromatic heterocycles. The number of hydrogen-bond donors (Lipinski definition) is 3. The van der Waals surface area contributed by atoms with Crippen LogP contribution in [-0.2, 0) is 6.54 Å². The molecule has 0 saturated heterocycles. The molecule has 0 aromatic carbocycles. The Morgan fingerprint density at radius 3 is 2.72 bits per heavy atom. The van der Waals surface area contributed by atoms with E-state index >= 15 is 0 Å². The van der Waals surface area contributed by atoms with Gasteiger partial charge in [0.2, 0.25) is 0 Å². The average Bonchev–Trinajstić information content (AvgIpc) is 2.70. The lowest BCUT2D eigenvalue weighted by Crippen LogP contribution is -2.44. The first-order chi connectivity index (χ1) is 8.52. The number of aliphatic hydroxyl groups is 1. The molecule has 0 saturated carbocycles. The van der Waals surface area contributed by atoms with Gasteiger partial charge in [0.05, 0.1) is 19.2 Å². The Labute approximate surface area is 112 Å². The van der Waals surface area contributed by atoms with Gasteiger partial charge in [0.1, 0.15) is 0 Å². The molecule has 1 aromatic rings. The molecule has 4 nitrogen and oxygen atoms in total. The maximum absolute atomic E-state index is 11.7. The summed E-state index contributed by atoms with van der Waals surface area (Å²) in [7, 11) is 0. The molecule has 1 rings (SSSR count). The predicted molar refractivity (Wildman–Crippen MR) is 74.8 cm³/mol. The lowest BCUT2D eigenvalue weighted by atomic mass is 10.0.